The zero-order valence-electron chi connectivity index (χ0n) is 16.2. The summed E-state index contributed by atoms with van der Waals surface area (Å²) in [5.41, 5.74) is 9.23. The predicted molar refractivity (Wildman–Crippen MR) is 112 cm³/mol. The van der Waals surface area contributed by atoms with E-state index < -0.39 is 0 Å². The molecule has 0 bridgehead atoms. The number of nitrogens with two attached hydrogens (primary N) is 1. The number of nitrogen functional groups attached to an aromatic ring is 1. The van der Waals surface area contributed by atoms with Crippen LogP contribution < -0.4 is 15.8 Å². The van der Waals surface area contributed by atoms with Gasteiger partial charge in [0, 0.05) is 12.2 Å². The lowest BCUT2D eigenvalue weighted by atomic mass is 10.1. The van der Waals surface area contributed by atoms with E-state index in [1.807, 2.05) is 43.3 Å². The second-order valence-electron chi connectivity index (χ2n) is 6.71. The maximum atomic E-state index is 12.3. The number of hydrogen-bond donors (Lipinski definition) is 2. The molecule has 0 atom stereocenters. The zero-order chi connectivity index (χ0) is 19.9. The minimum Gasteiger partial charge on any atom is -0.457 e. The summed E-state index contributed by atoms with van der Waals surface area (Å²) in [4.78, 5) is 16.4. The molecule has 3 aromatic rings. The first-order valence-electron chi connectivity index (χ1n) is 9.42. The van der Waals surface area contributed by atoms with Gasteiger partial charge in [-0.2, -0.15) is 0 Å². The molecule has 5 nitrogen and oxygen atoms in total. The molecule has 0 unspecified atom stereocenters. The number of aromatic nitrogens is 1. The molecule has 1 heterocycles. The Morgan fingerprint density at radius 3 is 2.54 bits per heavy atom. The number of nitrogens with one attached hydrogen (secondary N) is 1. The third-order valence-electron chi connectivity index (χ3n) is 4.36. The molecule has 5 heteroatoms. The summed E-state index contributed by atoms with van der Waals surface area (Å²) in [6.45, 7) is 4.40. The molecule has 0 radical (unpaired) electrons. The molecular formula is C23H25N3O2. The minimum absolute atomic E-state index is 0.238. The fraction of sp³-hybridized carbons (Fsp3) is 0.217. The smallest absolute Gasteiger partial charge is 0.255 e. The van der Waals surface area contributed by atoms with Crippen molar-refractivity contribution < 1.29 is 9.53 Å². The first-order chi connectivity index (χ1) is 13.5. The Kier molecular flexibility index (Phi) is 6.27. The first-order valence-corrected chi connectivity index (χ1v) is 9.42. The van der Waals surface area contributed by atoms with Crippen LogP contribution in [0.1, 0.15) is 40.5 Å². The van der Waals surface area contributed by atoms with Crippen molar-refractivity contribution in [3.63, 3.8) is 0 Å². The highest BCUT2D eigenvalue weighted by atomic mass is 16.5. The summed E-state index contributed by atoms with van der Waals surface area (Å²) in [5.74, 6) is 1.59. The average molecular weight is 375 g/mol. The standard InChI is InChI=1S/C23H25N3O2/c1-3-5-17-6-4-7-20(14-17)28-19-11-9-18(10-12-19)15-25-23(27)21-13-8-16(2)26-22(21)24/h4,6-14H,3,5,15H2,1-2H3,(H2,24,26)(H,25,27). The zero-order valence-corrected chi connectivity index (χ0v) is 16.2. The number of carbonyl (C=O) groups is 1. The van der Waals surface area contributed by atoms with Crippen LogP contribution in [0.3, 0.4) is 0 Å². The second-order valence-corrected chi connectivity index (χ2v) is 6.71. The molecule has 0 saturated carbocycles. The van der Waals surface area contributed by atoms with Gasteiger partial charge in [0.2, 0.25) is 0 Å². The van der Waals surface area contributed by atoms with Gasteiger partial charge in [0.1, 0.15) is 17.3 Å². The van der Waals surface area contributed by atoms with Gasteiger partial charge in [-0.3, -0.25) is 4.79 Å². The van der Waals surface area contributed by atoms with E-state index in [0.29, 0.717) is 12.1 Å². The number of carbonyl (C=O) groups excluding carboxylic acids is 1. The highest BCUT2D eigenvalue weighted by Gasteiger charge is 2.10. The van der Waals surface area contributed by atoms with E-state index in [1.165, 1.54) is 5.56 Å². The van der Waals surface area contributed by atoms with Crippen molar-refractivity contribution in [3.8, 4) is 11.5 Å². The number of benzene rings is 2. The Morgan fingerprint density at radius 2 is 1.82 bits per heavy atom. The molecule has 28 heavy (non-hydrogen) atoms. The van der Waals surface area contributed by atoms with Crippen molar-refractivity contribution in [1.82, 2.24) is 10.3 Å². The largest absolute Gasteiger partial charge is 0.457 e. The second kappa shape index (κ2) is 9.04. The van der Waals surface area contributed by atoms with E-state index in [9.17, 15) is 4.79 Å². The van der Waals surface area contributed by atoms with Crippen molar-refractivity contribution in [1.29, 1.82) is 0 Å². The predicted octanol–water partition coefficient (Wildman–Crippen LogP) is 4.65. The molecule has 1 amide bonds. The normalized spacial score (nSPS) is 10.5. The van der Waals surface area contributed by atoms with E-state index in [2.05, 4.69) is 29.4 Å². The lowest BCUT2D eigenvalue weighted by Crippen LogP contribution is -2.24. The van der Waals surface area contributed by atoms with Gasteiger partial charge in [-0.15, -0.1) is 0 Å². The molecule has 0 aliphatic rings. The Hall–Kier alpha value is -3.34. The molecule has 0 saturated heterocycles. The number of anilines is 1. The Bertz CT molecular complexity index is 952. The van der Waals surface area contributed by atoms with E-state index in [-0.39, 0.29) is 11.7 Å². The summed E-state index contributed by atoms with van der Waals surface area (Å²) in [6, 6.07) is 19.3. The van der Waals surface area contributed by atoms with Crippen molar-refractivity contribution in [2.75, 3.05) is 5.73 Å². The molecule has 3 rings (SSSR count). The number of hydrogen-bond acceptors (Lipinski definition) is 4. The van der Waals surface area contributed by atoms with E-state index in [0.717, 1.165) is 35.6 Å². The third kappa shape index (κ3) is 5.10. The van der Waals surface area contributed by atoms with Gasteiger partial charge in [0.05, 0.1) is 5.56 Å². The monoisotopic (exact) mass is 375 g/mol. The number of rotatable bonds is 7. The quantitative estimate of drug-likeness (QED) is 0.630. The van der Waals surface area contributed by atoms with Crippen LogP contribution in [-0.4, -0.2) is 10.9 Å². The number of pyridine rings is 1. The molecule has 3 N–H and O–H groups in total. The maximum absolute atomic E-state index is 12.3. The van der Waals surface area contributed by atoms with Crippen LogP contribution in [0.25, 0.3) is 0 Å². The summed E-state index contributed by atoms with van der Waals surface area (Å²) in [6.07, 6.45) is 2.14. The molecule has 0 aliphatic carbocycles. The molecule has 0 spiro atoms. The van der Waals surface area contributed by atoms with E-state index >= 15 is 0 Å². The summed E-state index contributed by atoms with van der Waals surface area (Å²) in [5, 5.41) is 2.87. The number of nitrogens with zero attached hydrogens (tertiary/aromatic N) is 1. The van der Waals surface area contributed by atoms with Crippen LogP contribution in [0.2, 0.25) is 0 Å². The Morgan fingerprint density at radius 1 is 1.04 bits per heavy atom. The number of amides is 1. The number of aryl methyl sites for hydroxylation is 2. The lowest BCUT2D eigenvalue weighted by molar-refractivity contribution is 0.0951. The first kappa shape index (κ1) is 19.4. The fourth-order valence-corrected chi connectivity index (χ4v) is 2.91. The fourth-order valence-electron chi connectivity index (χ4n) is 2.91. The molecule has 144 valence electrons. The van der Waals surface area contributed by atoms with Crippen molar-refractivity contribution in [2.45, 2.75) is 33.2 Å². The van der Waals surface area contributed by atoms with Gasteiger partial charge in [-0.25, -0.2) is 4.98 Å². The Labute approximate surface area is 165 Å². The van der Waals surface area contributed by atoms with Crippen LogP contribution in [0.15, 0.2) is 60.7 Å². The molecule has 1 aromatic heterocycles. The summed E-state index contributed by atoms with van der Waals surface area (Å²) < 4.78 is 5.93. The van der Waals surface area contributed by atoms with Gasteiger partial charge in [-0.05, 0) is 60.9 Å². The van der Waals surface area contributed by atoms with Crippen molar-refractivity contribution >= 4 is 11.7 Å². The molecule has 0 aliphatic heterocycles. The molecule has 0 fully saturated rings. The summed E-state index contributed by atoms with van der Waals surface area (Å²) in [7, 11) is 0. The van der Waals surface area contributed by atoms with Gasteiger partial charge >= 0.3 is 0 Å². The van der Waals surface area contributed by atoms with Gasteiger partial charge in [-0.1, -0.05) is 37.6 Å². The highest BCUT2D eigenvalue weighted by Crippen LogP contribution is 2.23. The van der Waals surface area contributed by atoms with Crippen molar-refractivity contribution in [3.05, 3.63) is 83.0 Å². The van der Waals surface area contributed by atoms with Crippen LogP contribution in [0, 0.1) is 6.92 Å². The van der Waals surface area contributed by atoms with Gasteiger partial charge in [0.15, 0.2) is 0 Å². The molecule has 2 aromatic carbocycles. The van der Waals surface area contributed by atoms with E-state index in [1.54, 1.807) is 12.1 Å². The topological polar surface area (TPSA) is 77.2 Å². The lowest BCUT2D eigenvalue weighted by Gasteiger charge is -2.10. The number of ether oxygens (including phenoxy) is 1. The average Bonchev–Trinajstić information content (AvgIpc) is 2.68. The molecular weight excluding hydrogens is 350 g/mol. The van der Waals surface area contributed by atoms with Crippen LogP contribution in [-0.2, 0) is 13.0 Å². The highest BCUT2D eigenvalue weighted by molar-refractivity contribution is 5.98. The van der Waals surface area contributed by atoms with Crippen LogP contribution in [0.4, 0.5) is 5.82 Å². The van der Waals surface area contributed by atoms with Crippen molar-refractivity contribution in [2.24, 2.45) is 0 Å². The Balaban J connectivity index is 1.58. The minimum atomic E-state index is -0.238. The van der Waals surface area contributed by atoms with E-state index in [4.69, 9.17) is 10.5 Å². The van der Waals surface area contributed by atoms with Gasteiger partial charge in [0.25, 0.3) is 5.91 Å². The summed E-state index contributed by atoms with van der Waals surface area (Å²) >= 11 is 0. The van der Waals surface area contributed by atoms with Gasteiger partial charge < -0.3 is 15.8 Å². The van der Waals surface area contributed by atoms with Crippen LogP contribution >= 0.6 is 0 Å². The van der Waals surface area contributed by atoms with Crippen LogP contribution in [0.5, 0.6) is 11.5 Å². The SMILES string of the molecule is CCCc1cccc(Oc2ccc(CNC(=O)c3ccc(C)nc3N)cc2)c1. The maximum Gasteiger partial charge on any atom is 0.255 e. The third-order valence-corrected chi connectivity index (χ3v) is 4.36.